The number of amides is 1. The number of halogens is 1. The van der Waals surface area contributed by atoms with Crippen molar-refractivity contribution < 1.29 is 4.79 Å². The molecule has 0 aliphatic rings. The number of hydrogen-bond acceptors (Lipinski definition) is 2. The molecule has 3 nitrogen and oxygen atoms in total. The number of nitrogens with zero attached hydrogens (tertiary/aromatic N) is 1. The normalized spacial score (nSPS) is 11.3. The summed E-state index contributed by atoms with van der Waals surface area (Å²) in [6, 6.07) is 3.55. The Morgan fingerprint density at radius 2 is 2.12 bits per heavy atom. The van der Waals surface area contributed by atoms with Gasteiger partial charge in [-0.25, -0.2) is 0 Å². The number of hydrogen-bond donors (Lipinski definition) is 1. The van der Waals surface area contributed by atoms with Crippen molar-refractivity contribution in [3.05, 3.63) is 29.6 Å². The lowest BCUT2D eigenvalue weighted by Gasteiger charge is -2.30. The van der Waals surface area contributed by atoms with Crippen LogP contribution in [0, 0.1) is 6.92 Å². The summed E-state index contributed by atoms with van der Waals surface area (Å²) >= 11 is 3.48. The molecule has 0 unspecified atom stereocenters. The molecule has 94 valence electrons. The molecule has 0 spiro atoms. The van der Waals surface area contributed by atoms with Gasteiger partial charge in [-0.05, 0) is 31.9 Å². The Hall–Kier alpha value is -0.900. The van der Waals surface area contributed by atoms with E-state index in [0.717, 1.165) is 23.9 Å². The van der Waals surface area contributed by atoms with Gasteiger partial charge in [0, 0.05) is 28.3 Å². The Labute approximate surface area is 111 Å². The fraction of sp³-hybridized carbons (Fsp3) is 0.538. The zero-order valence-electron chi connectivity index (χ0n) is 10.6. The number of carbonyl (C=O) groups excluding carboxylic acids is 1. The standard InChI is InChI=1S/C13H19BrN2O/c1-4-13(5-2,9-14)16-12(17)11-6-7-15-10(3)8-11/h6-8H,4-5,9H2,1-3H3,(H,16,17). The van der Waals surface area contributed by atoms with Gasteiger partial charge in [-0.1, -0.05) is 29.8 Å². The van der Waals surface area contributed by atoms with Crippen LogP contribution in [0.2, 0.25) is 0 Å². The van der Waals surface area contributed by atoms with Crippen LogP contribution in [0.15, 0.2) is 18.3 Å². The zero-order chi connectivity index (χ0) is 12.9. The number of carbonyl (C=O) groups is 1. The second-order valence-electron chi connectivity index (χ2n) is 4.26. The van der Waals surface area contributed by atoms with Gasteiger partial charge in [0.1, 0.15) is 0 Å². The van der Waals surface area contributed by atoms with Crippen LogP contribution in [0.1, 0.15) is 42.7 Å². The Balaban J connectivity index is 2.84. The number of nitrogens with one attached hydrogen (secondary N) is 1. The highest BCUT2D eigenvalue weighted by molar-refractivity contribution is 9.09. The molecule has 1 rings (SSSR count). The number of aromatic nitrogens is 1. The molecule has 0 radical (unpaired) electrons. The predicted molar refractivity (Wildman–Crippen MR) is 73.5 cm³/mol. The molecule has 1 aromatic heterocycles. The van der Waals surface area contributed by atoms with Crippen molar-refractivity contribution in [3.8, 4) is 0 Å². The van der Waals surface area contributed by atoms with Gasteiger partial charge in [0.15, 0.2) is 0 Å². The maximum absolute atomic E-state index is 12.1. The van der Waals surface area contributed by atoms with E-state index in [1.165, 1.54) is 0 Å². The highest BCUT2D eigenvalue weighted by Crippen LogP contribution is 2.18. The molecule has 0 saturated carbocycles. The smallest absolute Gasteiger partial charge is 0.251 e. The SMILES string of the molecule is CCC(CC)(CBr)NC(=O)c1ccnc(C)c1. The van der Waals surface area contributed by atoms with Gasteiger partial charge < -0.3 is 5.32 Å². The van der Waals surface area contributed by atoms with Gasteiger partial charge >= 0.3 is 0 Å². The molecule has 1 heterocycles. The van der Waals surface area contributed by atoms with Gasteiger partial charge in [-0.2, -0.15) is 0 Å². The van der Waals surface area contributed by atoms with E-state index in [0.29, 0.717) is 5.56 Å². The second-order valence-corrected chi connectivity index (χ2v) is 4.82. The summed E-state index contributed by atoms with van der Waals surface area (Å²) in [6.45, 7) is 6.06. The number of aryl methyl sites for hydroxylation is 1. The third-order valence-electron chi connectivity index (χ3n) is 3.15. The maximum Gasteiger partial charge on any atom is 0.251 e. The van der Waals surface area contributed by atoms with E-state index in [9.17, 15) is 4.79 Å². The summed E-state index contributed by atoms with van der Waals surface area (Å²) in [5, 5.41) is 3.88. The Bertz CT molecular complexity index is 380. The average Bonchev–Trinajstić information content (AvgIpc) is 2.36. The molecule has 0 bridgehead atoms. The first-order chi connectivity index (χ1) is 8.06. The van der Waals surface area contributed by atoms with Crippen LogP contribution in [-0.4, -0.2) is 21.8 Å². The van der Waals surface area contributed by atoms with Crippen molar-refractivity contribution in [2.75, 3.05) is 5.33 Å². The quantitative estimate of drug-likeness (QED) is 0.849. The fourth-order valence-corrected chi connectivity index (χ4v) is 2.58. The zero-order valence-corrected chi connectivity index (χ0v) is 12.2. The molecule has 1 N–H and O–H groups in total. The Morgan fingerprint density at radius 1 is 1.47 bits per heavy atom. The summed E-state index contributed by atoms with van der Waals surface area (Å²) in [6.07, 6.45) is 3.48. The lowest BCUT2D eigenvalue weighted by Crippen LogP contribution is -2.49. The van der Waals surface area contributed by atoms with Gasteiger partial charge in [0.2, 0.25) is 0 Å². The van der Waals surface area contributed by atoms with Crippen molar-refractivity contribution in [1.82, 2.24) is 10.3 Å². The average molecular weight is 299 g/mol. The van der Waals surface area contributed by atoms with E-state index in [4.69, 9.17) is 0 Å². The molecular formula is C13H19BrN2O. The third-order valence-corrected chi connectivity index (χ3v) is 4.22. The molecule has 1 amide bonds. The second kappa shape index (κ2) is 6.15. The number of rotatable bonds is 5. The maximum atomic E-state index is 12.1. The highest BCUT2D eigenvalue weighted by Gasteiger charge is 2.27. The summed E-state index contributed by atoms with van der Waals surface area (Å²) in [5.74, 6) is -0.0290. The van der Waals surface area contributed by atoms with Crippen molar-refractivity contribution in [2.45, 2.75) is 39.2 Å². The van der Waals surface area contributed by atoms with E-state index < -0.39 is 0 Å². The first-order valence-electron chi connectivity index (χ1n) is 5.88. The van der Waals surface area contributed by atoms with Crippen LogP contribution in [0.4, 0.5) is 0 Å². The van der Waals surface area contributed by atoms with Gasteiger partial charge in [0.25, 0.3) is 5.91 Å². The van der Waals surface area contributed by atoms with Crippen molar-refractivity contribution in [2.24, 2.45) is 0 Å². The minimum absolute atomic E-state index is 0.0290. The predicted octanol–water partition coefficient (Wildman–Crippen LogP) is 3.07. The van der Waals surface area contributed by atoms with E-state index in [2.05, 4.69) is 40.1 Å². The van der Waals surface area contributed by atoms with Gasteiger partial charge in [0.05, 0.1) is 0 Å². The van der Waals surface area contributed by atoms with Crippen LogP contribution in [0.5, 0.6) is 0 Å². The third kappa shape index (κ3) is 3.53. The van der Waals surface area contributed by atoms with Gasteiger partial charge in [-0.3, -0.25) is 9.78 Å². The first-order valence-corrected chi connectivity index (χ1v) is 7.00. The van der Waals surface area contributed by atoms with E-state index in [1.807, 2.05) is 6.92 Å². The molecule has 0 aliphatic heterocycles. The monoisotopic (exact) mass is 298 g/mol. The van der Waals surface area contributed by atoms with Crippen LogP contribution < -0.4 is 5.32 Å². The molecule has 4 heteroatoms. The Morgan fingerprint density at radius 3 is 2.59 bits per heavy atom. The van der Waals surface area contributed by atoms with E-state index in [-0.39, 0.29) is 11.4 Å². The Kier molecular flexibility index (Phi) is 5.12. The summed E-state index contributed by atoms with van der Waals surface area (Å²) < 4.78 is 0. The van der Waals surface area contributed by atoms with Gasteiger partial charge in [-0.15, -0.1) is 0 Å². The largest absolute Gasteiger partial charge is 0.346 e. The van der Waals surface area contributed by atoms with Crippen LogP contribution >= 0.6 is 15.9 Å². The van der Waals surface area contributed by atoms with Crippen molar-refractivity contribution in [1.29, 1.82) is 0 Å². The van der Waals surface area contributed by atoms with Crippen molar-refractivity contribution >= 4 is 21.8 Å². The van der Waals surface area contributed by atoms with Crippen LogP contribution in [-0.2, 0) is 0 Å². The fourth-order valence-electron chi connectivity index (χ4n) is 1.65. The molecule has 0 fully saturated rings. The molecule has 0 aliphatic carbocycles. The first kappa shape index (κ1) is 14.2. The number of alkyl halides is 1. The summed E-state index contributed by atoms with van der Waals surface area (Å²) in [4.78, 5) is 16.2. The molecule has 1 aromatic rings. The summed E-state index contributed by atoms with van der Waals surface area (Å²) in [7, 11) is 0. The lowest BCUT2D eigenvalue weighted by molar-refractivity contribution is 0.0903. The molecule has 0 saturated heterocycles. The minimum atomic E-state index is -0.158. The molecule has 0 aromatic carbocycles. The molecular weight excluding hydrogens is 280 g/mol. The van der Waals surface area contributed by atoms with E-state index in [1.54, 1.807) is 18.3 Å². The molecule has 0 atom stereocenters. The summed E-state index contributed by atoms with van der Waals surface area (Å²) in [5.41, 5.74) is 1.37. The topological polar surface area (TPSA) is 42.0 Å². The van der Waals surface area contributed by atoms with Crippen LogP contribution in [0.3, 0.4) is 0 Å². The van der Waals surface area contributed by atoms with E-state index >= 15 is 0 Å². The molecule has 17 heavy (non-hydrogen) atoms. The lowest BCUT2D eigenvalue weighted by atomic mass is 9.95. The highest BCUT2D eigenvalue weighted by atomic mass is 79.9. The van der Waals surface area contributed by atoms with Crippen LogP contribution in [0.25, 0.3) is 0 Å². The van der Waals surface area contributed by atoms with Crippen molar-refractivity contribution in [3.63, 3.8) is 0 Å². The minimum Gasteiger partial charge on any atom is -0.346 e. The number of pyridine rings is 1.